The van der Waals surface area contributed by atoms with Crippen LogP contribution in [0.1, 0.15) is 0 Å². The number of hydrogen-bond donors (Lipinski definition) is 1. The first-order valence-corrected chi connectivity index (χ1v) is 6.43. The van der Waals surface area contributed by atoms with E-state index in [1.54, 1.807) is 18.2 Å². The quantitative estimate of drug-likeness (QED) is 0.738. The van der Waals surface area contributed by atoms with Crippen LogP contribution in [-0.2, 0) is 0 Å². The van der Waals surface area contributed by atoms with Gasteiger partial charge in [0.25, 0.3) is 0 Å². The molecule has 1 N–H and O–H groups in total. The van der Waals surface area contributed by atoms with Gasteiger partial charge >= 0.3 is 6.36 Å². The lowest BCUT2D eigenvalue weighted by Crippen LogP contribution is -2.16. The minimum absolute atomic E-state index is 0.276. The smallest absolute Gasteiger partial charge is 0.406 e. The zero-order valence-corrected chi connectivity index (χ0v) is 11.6. The van der Waals surface area contributed by atoms with Gasteiger partial charge in [0.05, 0.1) is 0 Å². The van der Waals surface area contributed by atoms with Crippen LogP contribution in [0.3, 0.4) is 0 Å². The number of nitrogens with zero attached hydrogens (tertiary/aromatic N) is 3. The molecule has 3 aromatic rings. The van der Waals surface area contributed by atoms with Crippen LogP contribution in [0, 0.1) is 0 Å². The average Bonchev–Trinajstić information content (AvgIpc) is 2.83. The Morgan fingerprint density at radius 1 is 1.09 bits per heavy atom. The van der Waals surface area contributed by atoms with Gasteiger partial charge in [-0.2, -0.15) is 4.98 Å². The summed E-state index contributed by atoms with van der Waals surface area (Å²) in [6.45, 7) is 0. The predicted octanol–water partition coefficient (Wildman–Crippen LogP) is 4.02. The first kappa shape index (κ1) is 14.5. The number of anilines is 2. The van der Waals surface area contributed by atoms with Gasteiger partial charge in [0.1, 0.15) is 10.9 Å². The molecule has 0 saturated heterocycles. The van der Waals surface area contributed by atoms with Crippen molar-refractivity contribution in [1.82, 2.24) is 14.6 Å². The summed E-state index contributed by atoms with van der Waals surface area (Å²) >= 11 is 5.97. The lowest BCUT2D eigenvalue weighted by Gasteiger charge is -2.09. The van der Waals surface area contributed by atoms with E-state index in [-0.39, 0.29) is 11.7 Å². The molecular weight excluding hydrogens is 321 g/mol. The lowest BCUT2D eigenvalue weighted by atomic mass is 10.3. The minimum Gasteiger partial charge on any atom is -0.406 e. The van der Waals surface area contributed by atoms with Crippen molar-refractivity contribution in [2.24, 2.45) is 0 Å². The van der Waals surface area contributed by atoms with Gasteiger partial charge < -0.3 is 10.1 Å². The largest absolute Gasteiger partial charge is 0.573 e. The van der Waals surface area contributed by atoms with Crippen molar-refractivity contribution in [3.05, 3.63) is 47.6 Å². The predicted molar refractivity (Wildman–Crippen MR) is 74.4 cm³/mol. The van der Waals surface area contributed by atoms with Gasteiger partial charge in [-0.1, -0.05) is 17.7 Å². The lowest BCUT2D eigenvalue weighted by molar-refractivity contribution is -0.274. The third kappa shape index (κ3) is 3.22. The maximum atomic E-state index is 12.1. The van der Waals surface area contributed by atoms with Crippen molar-refractivity contribution >= 4 is 28.9 Å². The summed E-state index contributed by atoms with van der Waals surface area (Å²) in [5, 5.41) is 7.41. The van der Waals surface area contributed by atoms with Crippen molar-refractivity contribution in [3.63, 3.8) is 0 Å². The first-order valence-electron chi connectivity index (χ1n) is 6.05. The second-order valence-corrected chi connectivity index (χ2v) is 4.64. The number of hydrogen-bond acceptors (Lipinski definition) is 4. The van der Waals surface area contributed by atoms with E-state index in [1.807, 2.05) is 0 Å². The van der Waals surface area contributed by atoms with Crippen molar-refractivity contribution in [2.75, 3.05) is 5.32 Å². The number of alkyl halides is 3. The number of rotatable bonds is 3. The monoisotopic (exact) mass is 328 g/mol. The Labute approximate surface area is 127 Å². The van der Waals surface area contributed by atoms with Crippen LogP contribution >= 0.6 is 11.6 Å². The normalized spacial score (nSPS) is 11.6. The van der Waals surface area contributed by atoms with Crippen LogP contribution in [-0.4, -0.2) is 21.0 Å². The van der Waals surface area contributed by atoms with Crippen molar-refractivity contribution in [2.45, 2.75) is 6.36 Å². The van der Waals surface area contributed by atoms with Crippen molar-refractivity contribution < 1.29 is 17.9 Å². The summed E-state index contributed by atoms with van der Waals surface area (Å²) in [6, 6.07) is 10.4. The molecule has 0 unspecified atom stereocenters. The fourth-order valence-corrected chi connectivity index (χ4v) is 1.99. The molecule has 3 rings (SSSR count). The van der Waals surface area contributed by atoms with E-state index >= 15 is 0 Å². The molecule has 1 aromatic carbocycles. The average molecular weight is 329 g/mol. The highest BCUT2D eigenvalue weighted by Gasteiger charge is 2.30. The molecule has 0 radical (unpaired) electrons. The number of pyridine rings is 1. The second kappa shape index (κ2) is 5.38. The zero-order valence-electron chi connectivity index (χ0n) is 10.8. The van der Waals surface area contributed by atoms with Gasteiger partial charge in [-0.15, -0.1) is 18.3 Å². The third-order valence-electron chi connectivity index (χ3n) is 2.66. The molecule has 0 bridgehead atoms. The van der Waals surface area contributed by atoms with Gasteiger partial charge in [0.2, 0.25) is 5.95 Å². The number of ether oxygens (including phenoxy) is 1. The maximum absolute atomic E-state index is 12.1. The molecule has 0 aliphatic rings. The van der Waals surface area contributed by atoms with Gasteiger partial charge in [-0.3, -0.25) is 0 Å². The number of aromatic nitrogens is 3. The van der Waals surface area contributed by atoms with Gasteiger partial charge in [-0.25, -0.2) is 4.52 Å². The van der Waals surface area contributed by atoms with Gasteiger partial charge in [0.15, 0.2) is 5.65 Å². The summed E-state index contributed by atoms with van der Waals surface area (Å²) < 4.78 is 41.4. The fourth-order valence-electron chi connectivity index (χ4n) is 1.80. The highest BCUT2D eigenvalue weighted by molar-refractivity contribution is 6.29. The SMILES string of the molecule is FC(F)(F)Oc1ccc(Nc2nc3cccc(Cl)n3n2)cc1. The molecule has 0 fully saturated rings. The Balaban J connectivity index is 1.78. The maximum Gasteiger partial charge on any atom is 0.573 e. The fraction of sp³-hybridized carbons (Fsp3) is 0.0769. The molecule has 0 aliphatic carbocycles. The Kier molecular flexibility index (Phi) is 3.53. The molecule has 2 aromatic heterocycles. The van der Waals surface area contributed by atoms with Gasteiger partial charge in [0, 0.05) is 5.69 Å². The number of fused-ring (bicyclic) bond motifs is 1. The topological polar surface area (TPSA) is 51.5 Å². The van der Waals surface area contributed by atoms with Gasteiger partial charge in [-0.05, 0) is 36.4 Å². The van der Waals surface area contributed by atoms with E-state index < -0.39 is 6.36 Å². The molecule has 2 heterocycles. The van der Waals surface area contributed by atoms with Crippen molar-refractivity contribution in [1.29, 1.82) is 0 Å². The van der Waals surface area contributed by atoms with Crippen LogP contribution in [0.4, 0.5) is 24.8 Å². The molecule has 9 heteroatoms. The Hall–Kier alpha value is -2.48. The molecule has 0 aliphatic heterocycles. The van der Waals surface area contributed by atoms with E-state index in [0.717, 1.165) is 0 Å². The molecule has 0 saturated carbocycles. The summed E-state index contributed by atoms with van der Waals surface area (Å²) in [5.41, 5.74) is 1.06. The molecule has 5 nitrogen and oxygen atoms in total. The Morgan fingerprint density at radius 3 is 2.45 bits per heavy atom. The Bertz CT molecular complexity index is 801. The molecule has 0 atom stereocenters. The standard InChI is InChI=1S/C13H8ClF3N4O/c14-10-2-1-3-11-19-12(20-21(10)11)18-8-4-6-9(7-5-8)22-13(15,16)17/h1-7H,(H,18,20). The zero-order chi connectivity index (χ0) is 15.7. The highest BCUT2D eigenvalue weighted by atomic mass is 35.5. The number of nitrogens with one attached hydrogen (secondary N) is 1. The van der Waals surface area contributed by atoms with Crippen LogP contribution in [0.2, 0.25) is 5.15 Å². The minimum atomic E-state index is -4.71. The van der Waals surface area contributed by atoms with E-state index in [2.05, 4.69) is 20.1 Å². The van der Waals surface area contributed by atoms with Crippen LogP contribution in [0.15, 0.2) is 42.5 Å². The Morgan fingerprint density at radius 2 is 1.82 bits per heavy atom. The summed E-state index contributed by atoms with van der Waals surface area (Å²) in [4.78, 5) is 4.20. The summed E-state index contributed by atoms with van der Waals surface area (Å²) in [5.74, 6) is -0.0263. The summed E-state index contributed by atoms with van der Waals surface area (Å²) in [6.07, 6.45) is -4.71. The van der Waals surface area contributed by atoms with Crippen LogP contribution < -0.4 is 10.1 Å². The van der Waals surface area contributed by atoms with Crippen molar-refractivity contribution in [3.8, 4) is 5.75 Å². The molecular formula is C13H8ClF3N4O. The molecule has 0 amide bonds. The molecule has 0 spiro atoms. The van der Waals surface area contributed by atoms with E-state index in [0.29, 0.717) is 16.5 Å². The van der Waals surface area contributed by atoms with Crippen LogP contribution in [0.25, 0.3) is 5.65 Å². The highest BCUT2D eigenvalue weighted by Crippen LogP contribution is 2.25. The summed E-state index contributed by atoms with van der Waals surface area (Å²) in [7, 11) is 0. The number of halogens is 4. The van der Waals surface area contributed by atoms with E-state index in [9.17, 15) is 13.2 Å². The number of benzene rings is 1. The second-order valence-electron chi connectivity index (χ2n) is 4.25. The first-order chi connectivity index (χ1) is 10.4. The van der Waals surface area contributed by atoms with E-state index in [1.165, 1.54) is 28.8 Å². The van der Waals surface area contributed by atoms with Crippen LogP contribution in [0.5, 0.6) is 5.75 Å². The third-order valence-corrected chi connectivity index (χ3v) is 2.94. The molecule has 22 heavy (non-hydrogen) atoms. The molecule has 114 valence electrons. The van der Waals surface area contributed by atoms with E-state index in [4.69, 9.17) is 11.6 Å².